The second kappa shape index (κ2) is 6.48. The topological polar surface area (TPSA) is 29.3 Å². The van der Waals surface area contributed by atoms with Gasteiger partial charge in [-0.1, -0.05) is 13.8 Å². The van der Waals surface area contributed by atoms with Gasteiger partial charge in [-0.25, -0.2) is 4.39 Å². The molecule has 1 aromatic carbocycles. The number of anilines is 1. The fourth-order valence-electron chi connectivity index (χ4n) is 1.82. The Bertz CT molecular complexity index is 320. The van der Waals surface area contributed by atoms with Crippen LogP contribution in [0.3, 0.4) is 0 Å². The molecule has 2 N–H and O–H groups in total. The van der Waals surface area contributed by atoms with E-state index in [1.807, 2.05) is 12.1 Å². The number of hydrogen-bond donors (Lipinski definition) is 1. The van der Waals surface area contributed by atoms with E-state index in [1.54, 1.807) is 0 Å². The van der Waals surface area contributed by atoms with Gasteiger partial charge in [-0.3, -0.25) is 0 Å². The zero-order chi connectivity index (χ0) is 12.0. The van der Waals surface area contributed by atoms with Gasteiger partial charge in [-0.15, -0.1) is 0 Å². The number of nitrogens with two attached hydrogens (primary N) is 1. The summed E-state index contributed by atoms with van der Waals surface area (Å²) in [4.78, 5) is 2.28. The quantitative estimate of drug-likeness (QED) is 0.805. The zero-order valence-electron chi connectivity index (χ0n) is 10.2. The van der Waals surface area contributed by atoms with Crippen LogP contribution in [0.5, 0.6) is 0 Å². The molecule has 0 spiro atoms. The molecule has 0 aromatic heterocycles. The molecule has 0 aliphatic heterocycles. The zero-order valence-corrected chi connectivity index (χ0v) is 10.2. The highest BCUT2D eigenvalue weighted by molar-refractivity contribution is 5.49. The molecule has 0 saturated carbocycles. The minimum atomic E-state index is -0.209. The van der Waals surface area contributed by atoms with E-state index >= 15 is 0 Å². The van der Waals surface area contributed by atoms with E-state index in [4.69, 9.17) is 5.73 Å². The maximum absolute atomic E-state index is 13.3. The molecule has 0 aliphatic carbocycles. The highest BCUT2D eigenvalue weighted by Crippen LogP contribution is 2.19. The Hall–Kier alpha value is -1.09. The first-order valence-electron chi connectivity index (χ1n) is 5.96. The lowest BCUT2D eigenvalue weighted by Crippen LogP contribution is -2.25. The van der Waals surface area contributed by atoms with Crippen LogP contribution < -0.4 is 10.6 Å². The molecule has 0 heterocycles. The smallest absolute Gasteiger partial charge is 0.127 e. The first kappa shape index (κ1) is 13.0. The summed E-state index contributed by atoms with van der Waals surface area (Å²) in [6.45, 7) is 6.56. The predicted molar refractivity (Wildman–Crippen MR) is 67.1 cm³/mol. The SMILES string of the molecule is CCCN(CCC)c1ccc(F)c(CN)c1. The fourth-order valence-corrected chi connectivity index (χ4v) is 1.82. The van der Waals surface area contributed by atoms with Gasteiger partial charge in [0.25, 0.3) is 0 Å². The summed E-state index contributed by atoms with van der Waals surface area (Å²) in [7, 11) is 0. The van der Waals surface area contributed by atoms with Gasteiger partial charge in [-0.2, -0.15) is 0 Å². The van der Waals surface area contributed by atoms with Crippen molar-refractivity contribution in [3.63, 3.8) is 0 Å². The van der Waals surface area contributed by atoms with E-state index < -0.39 is 0 Å². The Morgan fingerprint density at radius 3 is 2.31 bits per heavy atom. The molecule has 2 nitrogen and oxygen atoms in total. The van der Waals surface area contributed by atoms with Crippen LogP contribution >= 0.6 is 0 Å². The third-order valence-corrected chi connectivity index (χ3v) is 2.60. The summed E-state index contributed by atoms with van der Waals surface area (Å²) in [5.74, 6) is -0.209. The molecule has 0 radical (unpaired) electrons. The second-order valence-corrected chi connectivity index (χ2v) is 3.97. The molecule has 1 rings (SSSR count). The number of rotatable bonds is 6. The molecule has 16 heavy (non-hydrogen) atoms. The Morgan fingerprint density at radius 1 is 1.19 bits per heavy atom. The van der Waals surface area contributed by atoms with Crippen LogP contribution in [0.25, 0.3) is 0 Å². The van der Waals surface area contributed by atoms with Gasteiger partial charge in [0.05, 0.1) is 0 Å². The molecule has 0 fully saturated rings. The molecule has 0 atom stereocenters. The van der Waals surface area contributed by atoms with Gasteiger partial charge in [0, 0.05) is 30.9 Å². The van der Waals surface area contributed by atoms with Crippen molar-refractivity contribution < 1.29 is 4.39 Å². The third-order valence-electron chi connectivity index (χ3n) is 2.60. The summed E-state index contributed by atoms with van der Waals surface area (Å²) >= 11 is 0. The van der Waals surface area contributed by atoms with Crippen LogP contribution in [0, 0.1) is 5.82 Å². The average Bonchev–Trinajstić information content (AvgIpc) is 2.29. The molecular formula is C13H21FN2. The van der Waals surface area contributed by atoms with E-state index in [1.165, 1.54) is 6.07 Å². The molecule has 0 saturated heterocycles. The van der Waals surface area contributed by atoms with E-state index in [9.17, 15) is 4.39 Å². The minimum Gasteiger partial charge on any atom is -0.372 e. The number of nitrogens with zero attached hydrogens (tertiary/aromatic N) is 1. The van der Waals surface area contributed by atoms with Crippen LogP contribution in [0.4, 0.5) is 10.1 Å². The lowest BCUT2D eigenvalue weighted by Gasteiger charge is -2.24. The molecule has 3 heteroatoms. The van der Waals surface area contributed by atoms with Crippen molar-refractivity contribution in [1.29, 1.82) is 0 Å². The van der Waals surface area contributed by atoms with Crippen LogP contribution in [-0.2, 0) is 6.54 Å². The average molecular weight is 224 g/mol. The van der Waals surface area contributed by atoms with Gasteiger partial charge in [-0.05, 0) is 31.0 Å². The number of hydrogen-bond acceptors (Lipinski definition) is 2. The van der Waals surface area contributed by atoms with Crippen molar-refractivity contribution in [3.8, 4) is 0 Å². The Kier molecular flexibility index (Phi) is 5.26. The lowest BCUT2D eigenvalue weighted by atomic mass is 10.1. The first-order valence-corrected chi connectivity index (χ1v) is 5.96. The van der Waals surface area contributed by atoms with E-state index in [0.717, 1.165) is 31.6 Å². The Morgan fingerprint density at radius 2 is 1.81 bits per heavy atom. The molecule has 0 bridgehead atoms. The summed E-state index contributed by atoms with van der Waals surface area (Å²) in [5, 5.41) is 0. The summed E-state index contributed by atoms with van der Waals surface area (Å²) in [5.41, 5.74) is 7.18. The second-order valence-electron chi connectivity index (χ2n) is 3.97. The molecule has 0 unspecified atom stereocenters. The van der Waals surface area contributed by atoms with Crippen LogP contribution in [0.2, 0.25) is 0 Å². The Labute approximate surface area is 97.3 Å². The van der Waals surface area contributed by atoms with Gasteiger partial charge < -0.3 is 10.6 Å². The molecule has 90 valence electrons. The van der Waals surface area contributed by atoms with Gasteiger partial charge in [0.15, 0.2) is 0 Å². The molecular weight excluding hydrogens is 203 g/mol. The van der Waals surface area contributed by atoms with Crippen molar-refractivity contribution in [3.05, 3.63) is 29.6 Å². The van der Waals surface area contributed by atoms with Crippen molar-refractivity contribution in [2.45, 2.75) is 33.2 Å². The summed E-state index contributed by atoms with van der Waals surface area (Å²) in [6.07, 6.45) is 2.19. The highest BCUT2D eigenvalue weighted by Gasteiger charge is 2.07. The molecule has 0 aliphatic rings. The van der Waals surface area contributed by atoms with Crippen molar-refractivity contribution in [1.82, 2.24) is 0 Å². The van der Waals surface area contributed by atoms with Crippen LogP contribution in [-0.4, -0.2) is 13.1 Å². The predicted octanol–water partition coefficient (Wildman–Crippen LogP) is 2.91. The number of benzene rings is 1. The van der Waals surface area contributed by atoms with Crippen molar-refractivity contribution in [2.75, 3.05) is 18.0 Å². The molecule has 0 amide bonds. The van der Waals surface area contributed by atoms with Crippen molar-refractivity contribution in [2.24, 2.45) is 5.73 Å². The monoisotopic (exact) mass is 224 g/mol. The summed E-state index contributed by atoms with van der Waals surface area (Å²) in [6, 6.07) is 5.20. The van der Waals surface area contributed by atoms with Crippen molar-refractivity contribution >= 4 is 5.69 Å². The standard InChI is InChI=1S/C13H21FN2/c1-3-7-16(8-4-2)12-5-6-13(14)11(9-12)10-15/h5-6,9H,3-4,7-8,10,15H2,1-2H3. The third kappa shape index (κ3) is 3.20. The van der Waals surface area contributed by atoms with E-state index in [0.29, 0.717) is 5.56 Å². The van der Waals surface area contributed by atoms with Gasteiger partial charge in [0.1, 0.15) is 5.82 Å². The Balaban J connectivity index is 2.90. The van der Waals surface area contributed by atoms with Gasteiger partial charge >= 0.3 is 0 Å². The first-order chi connectivity index (χ1) is 7.72. The summed E-state index contributed by atoms with van der Waals surface area (Å²) < 4.78 is 13.3. The fraction of sp³-hybridized carbons (Fsp3) is 0.538. The minimum absolute atomic E-state index is 0.209. The van der Waals surface area contributed by atoms with Crippen LogP contribution in [0.15, 0.2) is 18.2 Å². The largest absolute Gasteiger partial charge is 0.372 e. The number of halogens is 1. The van der Waals surface area contributed by atoms with E-state index in [2.05, 4.69) is 18.7 Å². The highest BCUT2D eigenvalue weighted by atomic mass is 19.1. The normalized spacial score (nSPS) is 10.5. The lowest BCUT2D eigenvalue weighted by molar-refractivity contribution is 0.610. The van der Waals surface area contributed by atoms with Gasteiger partial charge in [0.2, 0.25) is 0 Å². The van der Waals surface area contributed by atoms with Crippen LogP contribution in [0.1, 0.15) is 32.3 Å². The van der Waals surface area contributed by atoms with E-state index in [-0.39, 0.29) is 12.4 Å². The molecule has 1 aromatic rings. The maximum Gasteiger partial charge on any atom is 0.127 e. The maximum atomic E-state index is 13.3.